The number of sulfonamides is 1. The van der Waals surface area contributed by atoms with Gasteiger partial charge < -0.3 is 9.67 Å². The van der Waals surface area contributed by atoms with Crippen LogP contribution < -0.4 is 4.72 Å². The van der Waals surface area contributed by atoms with Crippen LogP contribution in [-0.2, 0) is 17.1 Å². The van der Waals surface area contributed by atoms with E-state index in [1.807, 2.05) is 0 Å². The molecule has 1 heterocycles. The molecule has 0 radical (unpaired) electrons. The Morgan fingerprint density at radius 1 is 1.40 bits per heavy atom. The van der Waals surface area contributed by atoms with Crippen molar-refractivity contribution in [2.45, 2.75) is 37.6 Å². The van der Waals surface area contributed by atoms with Crippen molar-refractivity contribution in [2.75, 3.05) is 13.2 Å². The van der Waals surface area contributed by atoms with Crippen molar-refractivity contribution in [3.63, 3.8) is 0 Å². The minimum absolute atomic E-state index is 0.0638. The van der Waals surface area contributed by atoms with Crippen LogP contribution in [0.5, 0.6) is 0 Å². The highest BCUT2D eigenvalue weighted by Gasteiger charge is 2.27. The molecule has 1 aliphatic rings. The number of imidazole rings is 1. The van der Waals surface area contributed by atoms with E-state index in [1.54, 1.807) is 18.5 Å². The van der Waals surface area contributed by atoms with Gasteiger partial charge in [0.1, 0.15) is 5.82 Å². The zero-order chi connectivity index (χ0) is 14.8. The van der Waals surface area contributed by atoms with Crippen LogP contribution in [-0.4, -0.2) is 36.2 Å². The number of aliphatic hydroxyl groups excluding tert-OH is 1. The number of aryl methyl sites for hydroxylation is 2. The lowest BCUT2D eigenvalue weighted by Crippen LogP contribution is -2.35. The molecule has 2 atom stereocenters. The summed E-state index contributed by atoms with van der Waals surface area (Å²) in [5.41, 5.74) is 0. The molecule has 0 aromatic carbocycles. The lowest BCUT2D eigenvalue weighted by Gasteiger charge is -2.30. The Bertz CT molecular complexity index is 534. The van der Waals surface area contributed by atoms with Crippen LogP contribution in [0.15, 0.2) is 11.2 Å². The second-order valence-electron chi connectivity index (χ2n) is 5.58. The van der Waals surface area contributed by atoms with E-state index >= 15 is 0 Å². The molecule has 1 aliphatic carbocycles. The summed E-state index contributed by atoms with van der Waals surface area (Å²) in [7, 11) is -1.79. The topological polar surface area (TPSA) is 84.2 Å². The molecule has 0 spiro atoms. The van der Waals surface area contributed by atoms with E-state index in [4.69, 9.17) is 0 Å². The molecule has 1 aromatic rings. The van der Waals surface area contributed by atoms with Gasteiger partial charge in [-0.05, 0) is 31.6 Å². The summed E-state index contributed by atoms with van der Waals surface area (Å²) in [6.07, 6.45) is 5.68. The second-order valence-corrected chi connectivity index (χ2v) is 7.29. The number of hydrogen-bond acceptors (Lipinski definition) is 4. The van der Waals surface area contributed by atoms with Crippen molar-refractivity contribution in [3.8, 4) is 0 Å². The van der Waals surface area contributed by atoms with Gasteiger partial charge in [-0.1, -0.05) is 12.8 Å². The predicted molar refractivity (Wildman–Crippen MR) is 75.7 cm³/mol. The molecule has 0 aliphatic heterocycles. The lowest BCUT2D eigenvalue weighted by molar-refractivity contribution is 0.136. The number of aromatic nitrogens is 2. The first-order chi connectivity index (χ1) is 9.44. The van der Waals surface area contributed by atoms with Gasteiger partial charge in [-0.3, -0.25) is 0 Å². The van der Waals surface area contributed by atoms with Crippen molar-refractivity contribution in [1.82, 2.24) is 14.3 Å². The maximum Gasteiger partial charge on any atom is 0.259 e. The Hall–Kier alpha value is -0.920. The third-order valence-corrected chi connectivity index (χ3v) is 5.49. The molecule has 1 saturated carbocycles. The van der Waals surface area contributed by atoms with Crippen molar-refractivity contribution in [2.24, 2.45) is 18.9 Å². The molecule has 2 rings (SSSR count). The molecular formula is C13H23N3O3S. The van der Waals surface area contributed by atoms with Gasteiger partial charge in [-0.25, -0.2) is 18.1 Å². The van der Waals surface area contributed by atoms with Crippen LogP contribution in [0.3, 0.4) is 0 Å². The molecule has 20 heavy (non-hydrogen) atoms. The van der Waals surface area contributed by atoms with Crippen LogP contribution in [0.2, 0.25) is 0 Å². The summed E-state index contributed by atoms with van der Waals surface area (Å²) >= 11 is 0. The number of rotatable bonds is 5. The molecular weight excluding hydrogens is 278 g/mol. The number of hydrogen-bond donors (Lipinski definition) is 2. The van der Waals surface area contributed by atoms with Gasteiger partial charge in [0.15, 0.2) is 5.03 Å². The molecule has 6 nitrogen and oxygen atoms in total. The summed E-state index contributed by atoms with van der Waals surface area (Å²) in [6.45, 7) is 2.28. The predicted octanol–water partition coefficient (Wildman–Crippen LogP) is 0.806. The number of aliphatic hydroxyl groups is 1. The molecule has 2 N–H and O–H groups in total. The SMILES string of the molecule is Cc1nc(S(=O)(=O)NCC2CCCCC2CO)cn1C. The fraction of sp³-hybridized carbons (Fsp3) is 0.769. The Balaban J connectivity index is 2.01. The Kier molecular flexibility index (Phi) is 4.82. The zero-order valence-corrected chi connectivity index (χ0v) is 12.9. The third-order valence-electron chi connectivity index (χ3n) is 4.20. The quantitative estimate of drug-likeness (QED) is 0.843. The average Bonchev–Trinajstić information content (AvgIpc) is 2.78. The lowest BCUT2D eigenvalue weighted by atomic mass is 9.80. The molecule has 7 heteroatoms. The second kappa shape index (κ2) is 6.24. The minimum atomic E-state index is -3.56. The molecule has 1 fully saturated rings. The number of nitrogens with zero attached hydrogens (tertiary/aromatic N) is 2. The summed E-state index contributed by atoms with van der Waals surface area (Å²) in [4.78, 5) is 4.05. The van der Waals surface area contributed by atoms with Gasteiger partial charge in [0.2, 0.25) is 0 Å². The molecule has 1 aromatic heterocycles. The summed E-state index contributed by atoms with van der Waals surface area (Å²) < 4.78 is 28.7. The van der Waals surface area contributed by atoms with Crippen LogP contribution >= 0.6 is 0 Å². The largest absolute Gasteiger partial charge is 0.396 e. The van der Waals surface area contributed by atoms with Crippen molar-refractivity contribution >= 4 is 10.0 Å². The molecule has 2 unspecified atom stereocenters. The van der Waals surface area contributed by atoms with E-state index in [2.05, 4.69) is 9.71 Å². The standard InChI is InChI=1S/C13H23N3O3S/c1-10-15-13(8-16(10)2)20(18,19)14-7-11-5-3-4-6-12(11)9-17/h8,11-12,14,17H,3-7,9H2,1-2H3. The van der Waals surface area contributed by atoms with Gasteiger partial charge in [0, 0.05) is 26.4 Å². The highest BCUT2D eigenvalue weighted by atomic mass is 32.2. The van der Waals surface area contributed by atoms with Crippen LogP contribution in [0.25, 0.3) is 0 Å². The first-order valence-electron chi connectivity index (χ1n) is 7.04. The first kappa shape index (κ1) is 15.5. The van der Waals surface area contributed by atoms with Gasteiger partial charge >= 0.3 is 0 Å². The van der Waals surface area contributed by atoms with E-state index in [0.29, 0.717) is 12.4 Å². The van der Waals surface area contributed by atoms with Gasteiger partial charge in [0.25, 0.3) is 10.0 Å². The van der Waals surface area contributed by atoms with Crippen LogP contribution in [0.4, 0.5) is 0 Å². The third kappa shape index (κ3) is 3.39. The summed E-state index contributed by atoms with van der Waals surface area (Å²) in [5.74, 6) is 1.08. The molecule has 0 amide bonds. The normalized spacial score (nSPS) is 23.9. The van der Waals surface area contributed by atoms with Gasteiger partial charge in [-0.2, -0.15) is 0 Å². The van der Waals surface area contributed by atoms with Crippen molar-refractivity contribution < 1.29 is 13.5 Å². The van der Waals surface area contributed by atoms with Crippen molar-refractivity contribution in [1.29, 1.82) is 0 Å². The van der Waals surface area contributed by atoms with E-state index in [0.717, 1.165) is 25.7 Å². The maximum absolute atomic E-state index is 12.2. The minimum Gasteiger partial charge on any atom is -0.396 e. The average molecular weight is 301 g/mol. The summed E-state index contributed by atoms with van der Waals surface area (Å²) in [5, 5.41) is 9.42. The fourth-order valence-electron chi connectivity index (χ4n) is 2.74. The monoisotopic (exact) mass is 301 g/mol. The highest BCUT2D eigenvalue weighted by molar-refractivity contribution is 7.89. The Labute approximate surface area is 120 Å². The van der Waals surface area contributed by atoms with E-state index < -0.39 is 10.0 Å². The zero-order valence-electron chi connectivity index (χ0n) is 12.0. The molecule has 0 bridgehead atoms. The number of nitrogens with one attached hydrogen (secondary N) is 1. The van der Waals surface area contributed by atoms with Gasteiger partial charge in [-0.15, -0.1) is 0 Å². The first-order valence-corrected chi connectivity index (χ1v) is 8.53. The van der Waals surface area contributed by atoms with Crippen LogP contribution in [0, 0.1) is 18.8 Å². The highest BCUT2D eigenvalue weighted by Crippen LogP contribution is 2.29. The van der Waals surface area contributed by atoms with E-state index in [9.17, 15) is 13.5 Å². The van der Waals surface area contributed by atoms with Gasteiger partial charge in [0.05, 0.1) is 0 Å². The smallest absolute Gasteiger partial charge is 0.259 e. The Morgan fingerprint density at radius 2 is 2.05 bits per heavy atom. The Morgan fingerprint density at radius 3 is 2.60 bits per heavy atom. The summed E-state index contributed by atoms with van der Waals surface area (Å²) in [6, 6.07) is 0. The maximum atomic E-state index is 12.2. The van der Waals surface area contributed by atoms with E-state index in [-0.39, 0.29) is 23.5 Å². The van der Waals surface area contributed by atoms with Crippen LogP contribution in [0.1, 0.15) is 31.5 Å². The fourth-order valence-corrected chi connectivity index (χ4v) is 3.87. The van der Waals surface area contributed by atoms with Crippen molar-refractivity contribution in [3.05, 3.63) is 12.0 Å². The molecule has 114 valence electrons. The molecule has 0 saturated heterocycles. The van der Waals surface area contributed by atoms with E-state index in [1.165, 1.54) is 6.20 Å².